The molecule has 1 saturated carbocycles. The molecule has 1 aromatic heterocycles. The van der Waals surface area contributed by atoms with Crippen LogP contribution in [0.3, 0.4) is 0 Å². The topological polar surface area (TPSA) is 48.7 Å². The Kier molecular flexibility index (Phi) is 4.72. The zero-order chi connectivity index (χ0) is 14.8. The average Bonchev–Trinajstić information content (AvgIpc) is 3.10. The van der Waals surface area contributed by atoms with Gasteiger partial charge in [0.2, 0.25) is 0 Å². The van der Waals surface area contributed by atoms with E-state index in [0.29, 0.717) is 11.3 Å². The fourth-order valence-corrected chi connectivity index (χ4v) is 3.78. The Balaban J connectivity index is 1.96. The molecule has 1 aliphatic rings. The molecule has 1 aliphatic carbocycles. The Hall–Kier alpha value is -1.05. The van der Waals surface area contributed by atoms with Crippen molar-refractivity contribution in [1.29, 1.82) is 5.26 Å². The summed E-state index contributed by atoms with van der Waals surface area (Å²) < 4.78 is 0. The Morgan fingerprint density at radius 1 is 1.50 bits per heavy atom. The predicted molar refractivity (Wildman–Crippen MR) is 83.8 cm³/mol. The Labute approximate surface area is 126 Å². The Morgan fingerprint density at radius 2 is 2.20 bits per heavy atom. The molecule has 20 heavy (non-hydrogen) atoms. The van der Waals surface area contributed by atoms with Gasteiger partial charge in [0.25, 0.3) is 0 Å². The lowest BCUT2D eigenvalue weighted by Gasteiger charge is -2.26. The summed E-state index contributed by atoms with van der Waals surface area (Å²) in [5.41, 5.74) is 1.87. The highest BCUT2D eigenvalue weighted by Gasteiger charge is 2.33. The number of nitrogens with one attached hydrogen (secondary N) is 1. The first-order chi connectivity index (χ1) is 9.40. The number of hydrogen-bond acceptors (Lipinski definition) is 4. The molecule has 2 unspecified atom stereocenters. The van der Waals surface area contributed by atoms with Crippen LogP contribution in [0.1, 0.15) is 44.4 Å². The highest BCUT2D eigenvalue weighted by atomic mass is 32.2. The maximum absolute atomic E-state index is 9.43. The molecule has 2 rings (SSSR count). The molecule has 1 fully saturated rings. The lowest BCUT2D eigenvalue weighted by molar-refractivity contribution is 0.414. The maximum Gasteiger partial charge on any atom is 0.105 e. The van der Waals surface area contributed by atoms with Crippen molar-refractivity contribution in [3.05, 3.63) is 23.4 Å². The molecule has 0 radical (unpaired) electrons. The number of hydrogen-bond donors (Lipinski definition) is 1. The van der Waals surface area contributed by atoms with Gasteiger partial charge in [-0.3, -0.25) is 5.32 Å². The number of aromatic nitrogens is 1. The summed E-state index contributed by atoms with van der Waals surface area (Å²) in [6, 6.07) is 7.20. The number of rotatable bonds is 6. The average molecular weight is 289 g/mol. The van der Waals surface area contributed by atoms with Gasteiger partial charge in [-0.2, -0.15) is 5.26 Å². The summed E-state index contributed by atoms with van der Waals surface area (Å²) in [7, 11) is 0. The van der Waals surface area contributed by atoms with Crippen LogP contribution in [0.5, 0.6) is 0 Å². The summed E-state index contributed by atoms with van der Waals surface area (Å²) in [6.45, 7) is 8.30. The number of aryl methyl sites for hydroxylation is 2. The van der Waals surface area contributed by atoms with Gasteiger partial charge >= 0.3 is 0 Å². The molecule has 0 saturated heterocycles. The largest absolute Gasteiger partial charge is 0.297 e. The molecule has 3 nitrogen and oxygen atoms in total. The van der Waals surface area contributed by atoms with Gasteiger partial charge in [-0.1, -0.05) is 6.92 Å². The molecule has 1 heterocycles. The van der Waals surface area contributed by atoms with Gasteiger partial charge in [0.1, 0.15) is 5.54 Å². The van der Waals surface area contributed by atoms with E-state index in [4.69, 9.17) is 0 Å². The third-order valence-corrected chi connectivity index (χ3v) is 4.46. The van der Waals surface area contributed by atoms with Crippen molar-refractivity contribution in [3.8, 4) is 6.07 Å². The van der Waals surface area contributed by atoms with Crippen LogP contribution in [0.25, 0.3) is 0 Å². The first kappa shape index (κ1) is 15.3. The maximum atomic E-state index is 9.43. The molecule has 2 atom stereocenters. The first-order valence-corrected chi connectivity index (χ1v) is 8.09. The number of nitriles is 1. The van der Waals surface area contributed by atoms with Gasteiger partial charge in [0.05, 0.1) is 11.1 Å². The summed E-state index contributed by atoms with van der Waals surface area (Å²) in [6.07, 6.45) is 3.24. The van der Waals surface area contributed by atoms with E-state index in [1.165, 1.54) is 18.4 Å². The van der Waals surface area contributed by atoms with E-state index in [9.17, 15) is 5.26 Å². The van der Waals surface area contributed by atoms with Crippen molar-refractivity contribution in [2.75, 3.05) is 0 Å². The molecule has 1 aromatic rings. The smallest absolute Gasteiger partial charge is 0.105 e. The molecule has 108 valence electrons. The third kappa shape index (κ3) is 4.50. The zero-order valence-corrected chi connectivity index (χ0v) is 13.5. The molecule has 0 spiro atoms. The van der Waals surface area contributed by atoms with E-state index >= 15 is 0 Å². The van der Waals surface area contributed by atoms with Crippen LogP contribution < -0.4 is 5.32 Å². The van der Waals surface area contributed by atoms with Crippen LogP contribution >= 0.6 is 11.8 Å². The predicted octanol–water partition coefficient (Wildman–Crippen LogP) is 3.60. The molecular weight excluding hydrogens is 266 g/mol. The highest BCUT2D eigenvalue weighted by molar-refractivity contribution is 7.99. The van der Waals surface area contributed by atoms with Gasteiger partial charge in [-0.25, -0.2) is 4.98 Å². The van der Waals surface area contributed by atoms with Crippen LogP contribution in [0.4, 0.5) is 0 Å². The second kappa shape index (κ2) is 6.15. The zero-order valence-electron chi connectivity index (χ0n) is 12.7. The van der Waals surface area contributed by atoms with E-state index in [0.717, 1.165) is 17.1 Å². The van der Waals surface area contributed by atoms with Crippen LogP contribution in [0.15, 0.2) is 17.2 Å². The van der Waals surface area contributed by atoms with Gasteiger partial charge in [-0.05, 0) is 57.7 Å². The van der Waals surface area contributed by atoms with E-state index in [-0.39, 0.29) is 0 Å². The van der Waals surface area contributed by atoms with Crippen molar-refractivity contribution < 1.29 is 0 Å². The normalized spacial score (nSPS) is 19.1. The van der Waals surface area contributed by atoms with Crippen LogP contribution in [-0.4, -0.2) is 21.8 Å². The molecule has 0 amide bonds. The lowest BCUT2D eigenvalue weighted by atomic mass is 9.98. The third-order valence-electron chi connectivity index (χ3n) is 3.44. The minimum absolute atomic E-state index is 0.361. The van der Waals surface area contributed by atoms with Gasteiger partial charge < -0.3 is 0 Å². The SMILES string of the molecule is Cc1cc(C)nc(SC(C)CC(C)(C#N)NC2CC2)c1. The van der Waals surface area contributed by atoms with Crippen LogP contribution in [-0.2, 0) is 0 Å². The summed E-state index contributed by atoms with van der Waals surface area (Å²) >= 11 is 1.76. The van der Waals surface area contributed by atoms with Crippen LogP contribution in [0.2, 0.25) is 0 Å². The second-order valence-corrected chi connectivity index (χ2v) is 7.58. The highest BCUT2D eigenvalue weighted by Crippen LogP contribution is 2.30. The van der Waals surface area contributed by atoms with Gasteiger partial charge in [0.15, 0.2) is 0 Å². The fraction of sp³-hybridized carbons (Fsp3) is 0.625. The quantitative estimate of drug-likeness (QED) is 0.813. The molecule has 4 heteroatoms. The molecule has 0 aliphatic heterocycles. The van der Waals surface area contributed by atoms with E-state index in [1.807, 2.05) is 13.8 Å². The molecular formula is C16H23N3S. The van der Waals surface area contributed by atoms with Crippen molar-refractivity contribution in [3.63, 3.8) is 0 Å². The minimum Gasteiger partial charge on any atom is -0.297 e. The number of pyridine rings is 1. The summed E-state index contributed by atoms with van der Waals surface area (Å²) in [5, 5.41) is 14.3. The standard InChI is InChI=1S/C16H23N3S/c1-11-7-12(2)18-15(8-11)20-13(3)9-16(4,10-17)19-14-5-6-14/h7-8,13-14,19H,5-6,9H2,1-4H3. The van der Waals surface area contributed by atoms with Crippen molar-refractivity contribution in [2.45, 2.75) is 68.8 Å². The number of thioether (sulfide) groups is 1. The van der Waals surface area contributed by atoms with E-state index in [2.05, 4.69) is 42.4 Å². The molecule has 0 aromatic carbocycles. The fourth-order valence-electron chi connectivity index (χ4n) is 2.50. The Morgan fingerprint density at radius 3 is 2.75 bits per heavy atom. The first-order valence-electron chi connectivity index (χ1n) is 7.21. The van der Waals surface area contributed by atoms with E-state index in [1.54, 1.807) is 11.8 Å². The minimum atomic E-state index is -0.424. The van der Waals surface area contributed by atoms with Gasteiger partial charge in [-0.15, -0.1) is 11.8 Å². The number of nitrogens with zero attached hydrogens (tertiary/aromatic N) is 2. The van der Waals surface area contributed by atoms with Gasteiger partial charge in [0, 0.05) is 17.0 Å². The van der Waals surface area contributed by atoms with Crippen molar-refractivity contribution >= 4 is 11.8 Å². The summed E-state index contributed by atoms with van der Waals surface area (Å²) in [4.78, 5) is 4.56. The molecule has 1 N–H and O–H groups in total. The second-order valence-electron chi connectivity index (χ2n) is 6.12. The van der Waals surface area contributed by atoms with Crippen molar-refractivity contribution in [2.24, 2.45) is 0 Å². The lowest BCUT2D eigenvalue weighted by Crippen LogP contribution is -2.44. The Bertz CT molecular complexity index is 499. The van der Waals surface area contributed by atoms with Crippen molar-refractivity contribution in [1.82, 2.24) is 10.3 Å². The van der Waals surface area contributed by atoms with Crippen LogP contribution in [0, 0.1) is 25.2 Å². The monoisotopic (exact) mass is 289 g/mol. The summed E-state index contributed by atoms with van der Waals surface area (Å²) in [5.74, 6) is 0. The van der Waals surface area contributed by atoms with E-state index < -0.39 is 5.54 Å². The molecule has 0 bridgehead atoms.